The first-order valence-corrected chi connectivity index (χ1v) is 10.0. The maximum absolute atomic E-state index is 12.5. The van der Waals surface area contributed by atoms with Crippen molar-refractivity contribution < 1.29 is 9.59 Å². The van der Waals surface area contributed by atoms with Crippen molar-refractivity contribution >= 4 is 28.4 Å². The van der Waals surface area contributed by atoms with Gasteiger partial charge in [0.25, 0.3) is 5.91 Å². The van der Waals surface area contributed by atoms with Gasteiger partial charge in [-0.05, 0) is 42.9 Å². The van der Waals surface area contributed by atoms with Gasteiger partial charge in [-0.25, -0.2) is 0 Å². The minimum Gasteiger partial charge on any atom is -0.360 e. The Morgan fingerprint density at radius 1 is 1.03 bits per heavy atom. The van der Waals surface area contributed by atoms with Gasteiger partial charge in [-0.3, -0.25) is 19.3 Å². The van der Waals surface area contributed by atoms with Gasteiger partial charge in [0, 0.05) is 29.3 Å². The van der Waals surface area contributed by atoms with Crippen LogP contribution in [0.25, 0.3) is 10.9 Å². The van der Waals surface area contributed by atoms with Crippen LogP contribution in [0, 0.1) is 0 Å². The summed E-state index contributed by atoms with van der Waals surface area (Å²) < 4.78 is 0. The van der Waals surface area contributed by atoms with E-state index in [1.165, 1.54) is 6.20 Å². The van der Waals surface area contributed by atoms with Crippen LogP contribution in [0.3, 0.4) is 0 Å². The highest BCUT2D eigenvalue weighted by atomic mass is 16.2. The molecule has 30 heavy (non-hydrogen) atoms. The lowest BCUT2D eigenvalue weighted by atomic mass is 10.1. The van der Waals surface area contributed by atoms with Crippen LogP contribution in [0.5, 0.6) is 0 Å². The van der Waals surface area contributed by atoms with Crippen LogP contribution in [0.4, 0.5) is 5.69 Å². The number of amides is 2. The van der Waals surface area contributed by atoms with Gasteiger partial charge in [-0.15, -0.1) is 0 Å². The number of para-hydroxylation sites is 1. The molecule has 3 N–H and O–H groups in total. The molecule has 2 amide bonds. The van der Waals surface area contributed by atoms with Crippen molar-refractivity contribution in [3.63, 3.8) is 0 Å². The Bertz CT molecular complexity index is 1100. The molecule has 0 aliphatic rings. The molecule has 1 heterocycles. The van der Waals surface area contributed by atoms with E-state index in [1.54, 1.807) is 30.3 Å². The largest absolute Gasteiger partial charge is 0.360 e. The number of aromatic nitrogens is 1. The van der Waals surface area contributed by atoms with Crippen molar-refractivity contribution in [2.24, 2.45) is 0 Å². The lowest BCUT2D eigenvalue weighted by Crippen LogP contribution is -2.35. The molecule has 0 atom stereocenters. The van der Waals surface area contributed by atoms with Gasteiger partial charge < -0.3 is 15.6 Å². The number of benzene rings is 2. The lowest BCUT2D eigenvalue weighted by molar-refractivity contribution is -0.115. The van der Waals surface area contributed by atoms with E-state index in [2.05, 4.69) is 34.4 Å². The number of rotatable bonds is 8. The lowest BCUT2D eigenvalue weighted by Gasteiger charge is -2.18. The highest BCUT2D eigenvalue weighted by Crippen LogP contribution is 2.13. The van der Waals surface area contributed by atoms with E-state index in [0.717, 1.165) is 25.2 Å². The number of hydrogen-bond donors (Lipinski definition) is 3. The standard InChI is InChI=1S/C23H26N4O3/c1-3-27(4-2)15-16-8-7-9-17(12-16)26-21(28)14-25-23(30)19-13-24-20-11-6-5-10-18(20)22(19)29/h5-13H,3-4,14-15H2,1-2H3,(H,24,29)(H,25,30)(H,26,28). The second-order valence-electron chi connectivity index (χ2n) is 6.97. The number of fused-ring (bicyclic) bond motifs is 1. The molecule has 3 aromatic rings. The molecule has 0 spiro atoms. The van der Waals surface area contributed by atoms with Crippen molar-refractivity contribution in [3.05, 3.63) is 76.1 Å². The zero-order valence-corrected chi connectivity index (χ0v) is 17.2. The third-order valence-electron chi connectivity index (χ3n) is 4.95. The van der Waals surface area contributed by atoms with Crippen molar-refractivity contribution in [1.82, 2.24) is 15.2 Å². The van der Waals surface area contributed by atoms with Gasteiger partial charge in [-0.2, -0.15) is 0 Å². The van der Waals surface area contributed by atoms with Crippen molar-refractivity contribution in [3.8, 4) is 0 Å². The number of pyridine rings is 1. The zero-order chi connectivity index (χ0) is 21.5. The van der Waals surface area contributed by atoms with Crippen LogP contribution in [-0.4, -0.2) is 41.3 Å². The zero-order valence-electron chi connectivity index (χ0n) is 17.2. The first-order chi connectivity index (χ1) is 14.5. The molecule has 0 aliphatic heterocycles. The average molecular weight is 406 g/mol. The van der Waals surface area contributed by atoms with E-state index in [1.807, 2.05) is 18.2 Å². The molecular weight excluding hydrogens is 380 g/mol. The molecule has 0 saturated carbocycles. The van der Waals surface area contributed by atoms with Crippen LogP contribution in [0.2, 0.25) is 0 Å². The molecule has 0 aliphatic carbocycles. The van der Waals surface area contributed by atoms with E-state index in [9.17, 15) is 14.4 Å². The minimum absolute atomic E-state index is 0.0253. The average Bonchev–Trinajstić information content (AvgIpc) is 2.76. The molecule has 2 aromatic carbocycles. The van der Waals surface area contributed by atoms with Gasteiger partial charge in [0.05, 0.1) is 6.54 Å². The monoisotopic (exact) mass is 406 g/mol. The second kappa shape index (κ2) is 9.84. The molecule has 156 valence electrons. The number of anilines is 1. The second-order valence-corrected chi connectivity index (χ2v) is 6.97. The molecule has 0 radical (unpaired) electrons. The number of hydrogen-bond acceptors (Lipinski definition) is 4. The van der Waals surface area contributed by atoms with E-state index in [0.29, 0.717) is 16.6 Å². The summed E-state index contributed by atoms with van der Waals surface area (Å²) in [6, 6.07) is 14.6. The van der Waals surface area contributed by atoms with E-state index in [4.69, 9.17) is 0 Å². The summed E-state index contributed by atoms with van der Waals surface area (Å²) in [5, 5.41) is 5.73. The molecule has 7 heteroatoms. The van der Waals surface area contributed by atoms with Gasteiger partial charge in [0.15, 0.2) is 0 Å². The predicted octanol–water partition coefficient (Wildman–Crippen LogP) is 2.74. The minimum atomic E-state index is -0.590. The number of nitrogens with zero attached hydrogens (tertiary/aromatic N) is 1. The van der Waals surface area contributed by atoms with Gasteiger partial charge in [-0.1, -0.05) is 38.1 Å². The topological polar surface area (TPSA) is 94.3 Å². The van der Waals surface area contributed by atoms with Crippen LogP contribution >= 0.6 is 0 Å². The summed E-state index contributed by atoms with van der Waals surface area (Å²) in [4.78, 5) is 42.4. The molecular formula is C23H26N4O3. The SMILES string of the molecule is CCN(CC)Cc1cccc(NC(=O)CNC(=O)c2c[nH]c3ccccc3c2=O)c1. The third-order valence-corrected chi connectivity index (χ3v) is 4.95. The van der Waals surface area contributed by atoms with Gasteiger partial charge >= 0.3 is 0 Å². The highest BCUT2D eigenvalue weighted by Gasteiger charge is 2.14. The Kier molecular flexibility index (Phi) is 6.98. The Morgan fingerprint density at radius 2 is 1.80 bits per heavy atom. The third kappa shape index (κ3) is 5.12. The Labute approximate surface area is 175 Å². The first kappa shape index (κ1) is 21.3. The number of carbonyl (C=O) groups excluding carboxylic acids is 2. The maximum atomic E-state index is 12.5. The number of H-pyrrole nitrogens is 1. The van der Waals surface area contributed by atoms with E-state index < -0.39 is 5.91 Å². The van der Waals surface area contributed by atoms with Crippen molar-refractivity contribution in [2.45, 2.75) is 20.4 Å². The summed E-state index contributed by atoms with van der Waals surface area (Å²) >= 11 is 0. The van der Waals surface area contributed by atoms with Crippen LogP contribution in [-0.2, 0) is 11.3 Å². The number of aromatic amines is 1. The first-order valence-electron chi connectivity index (χ1n) is 10.0. The fourth-order valence-corrected chi connectivity index (χ4v) is 3.25. The summed E-state index contributed by atoms with van der Waals surface area (Å²) in [6.07, 6.45) is 1.37. The van der Waals surface area contributed by atoms with Gasteiger partial charge in [0.2, 0.25) is 11.3 Å². The molecule has 7 nitrogen and oxygen atoms in total. The van der Waals surface area contributed by atoms with Crippen LogP contribution < -0.4 is 16.1 Å². The summed E-state index contributed by atoms with van der Waals surface area (Å²) in [7, 11) is 0. The summed E-state index contributed by atoms with van der Waals surface area (Å²) in [5.41, 5.74) is 2.03. The summed E-state index contributed by atoms with van der Waals surface area (Å²) in [5.74, 6) is -0.951. The normalized spacial score (nSPS) is 10.9. The number of nitrogens with one attached hydrogen (secondary N) is 3. The Hall–Kier alpha value is -3.45. The molecule has 0 bridgehead atoms. The van der Waals surface area contributed by atoms with Gasteiger partial charge in [0.1, 0.15) is 5.56 Å². The van der Waals surface area contributed by atoms with Crippen molar-refractivity contribution in [1.29, 1.82) is 0 Å². The fraction of sp³-hybridized carbons (Fsp3) is 0.261. The van der Waals surface area contributed by atoms with Crippen molar-refractivity contribution in [2.75, 3.05) is 25.0 Å². The molecule has 0 saturated heterocycles. The Balaban J connectivity index is 1.60. The fourth-order valence-electron chi connectivity index (χ4n) is 3.25. The smallest absolute Gasteiger partial charge is 0.257 e. The summed E-state index contributed by atoms with van der Waals surface area (Å²) in [6.45, 7) is 6.69. The molecule has 0 fully saturated rings. The molecule has 3 rings (SSSR count). The number of carbonyl (C=O) groups is 2. The molecule has 0 unspecified atom stereocenters. The van der Waals surface area contributed by atoms with E-state index in [-0.39, 0.29) is 23.4 Å². The van der Waals surface area contributed by atoms with Crippen LogP contribution in [0.1, 0.15) is 29.8 Å². The predicted molar refractivity (Wildman–Crippen MR) is 119 cm³/mol. The van der Waals surface area contributed by atoms with E-state index >= 15 is 0 Å². The van der Waals surface area contributed by atoms with Crippen LogP contribution in [0.15, 0.2) is 59.5 Å². The molecule has 1 aromatic heterocycles. The highest BCUT2D eigenvalue weighted by molar-refractivity contribution is 6.00. The Morgan fingerprint density at radius 3 is 2.57 bits per heavy atom. The maximum Gasteiger partial charge on any atom is 0.257 e. The quantitative estimate of drug-likeness (QED) is 0.536.